The van der Waals surface area contributed by atoms with Crippen molar-refractivity contribution >= 4 is 0 Å². The molecule has 18 heavy (non-hydrogen) atoms. The molecular weight excluding hydrogens is 226 g/mol. The van der Waals surface area contributed by atoms with Gasteiger partial charge in [0.2, 0.25) is 0 Å². The van der Waals surface area contributed by atoms with Gasteiger partial charge in [-0.2, -0.15) is 0 Å². The van der Waals surface area contributed by atoms with Gasteiger partial charge in [0.15, 0.2) is 0 Å². The summed E-state index contributed by atoms with van der Waals surface area (Å²) in [5.74, 6) is 1.60. The molecule has 2 N–H and O–H groups in total. The lowest BCUT2D eigenvalue weighted by molar-refractivity contribution is 0.340. The van der Waals surface area contributed by atoms with E-state index in [0.29, 0.717) is 13.2 Å². The molecule has 4 nitrogen and oxygen atoms in total. The molecule has 1 aromatic carbocycles. The van der Waals surface area contributed by atoms with Crippen molar-refractivity contribution in [2.45, 2.75) is 20.4 Å². The van der Waals surface area contributed by atoms with Crippen LogP contribution in [0.3, 0.4) is 0 Å². The zero-order valence-electron chi connectivity index (χ0n) is 10.7. The van der Waals surface area contributed by atoms with Crippen molar-refractivity contribution < 1.29 is 4.74 Å². The third-order valence-corrected chi connectivity index (χ3v) is 2.56. The molecule has 0 aliphatic carbocycles. The lowest BCUT2D eigenvalue weighted by atomic mass is 10.1. The second-order valence-electron chi connectivity index (χ2n) is 3.95. The predicted molar refractivity (Wildman–Crippen MR) is 71.3 cm³/mol. The molecule has 0 spiro atoms. The number of aromatic nitrogens is 2. The molecule has 0 aliphatic rings. The summed E-state index contributed by atoms with van der Waals surface area (Å²) in [6, 6.07) is 9.79. The minimum Gasteiger partial charge on any atom is -0.494 e. The molecule has 2 rings (SSSR count). The second kappa shape index (κ2) is 5.60. The first-order chi connectivity index (χ1) is 8.72. The fourth-order valence-electron chi connectivity index (χ4n) is 1.77. The maximum atomic E-state index is 5.62. The zero-order valence-corrected chi connectivity index (χ0v) is 10.7. The minimum absolute atomic E-state index is 0.424. The van der Waals surface area contributed by atoms with E-state index in [9.17, 15) is 0 Å². The standard InChI is InChI=1S/C14H17N3O/c1-3-18-13-6-4-11(5-7-13)14-8-12(9-15)16-10(2)17-14/h4-8H,3,9,15H2,1-2H3. The first kappa shape index (κ1) is 12.5. The summed E-state index contributed by atoms with van der Waals surface area (Å²) in [7, 11) is 0. The Hall–Kier alpha value is -1.94. The van der Waals surface area contributed by atoms with Gasteiger partial charge < -0.3 is 10.5 Å². The van der Waals surface area contributed by atoms with E-state index in [-0.39, 0.29) is 0 Å². The van der Waals surface area contributed by atoms with Gasteiger partial charge in [0.1, 0.15) is 11.6 Å². The zero-order chi connectivity index (χ0) is 13.0. The molecule has 0 radical (unpaired) electrons. The quantitative estimate of drug-likeness (QED) is 0.895. The number of benzene rings is 1. The molecule has 4 heteroatoms. The monoisotopic (exact) mass is 243 g/mol. The summed E-state index contributed by atoms with van der Waals surface area (Å²) in [6.45, 7) is 4.93. The smallest absolute Gasteiger partial charge is 0.126 e. The number of nitrogens with two attached hydrogens (primary N) is 1. The average Bonchev–Trinajstić information content (AvgIpc) is 2.39. The lowest BCUT2D eigenvalue weighted by Crippen LogP contribution is -2.03. The summed E-state index contributed by atoms with van der Waals surface area (Å²) in [5, 5.41) is 0. The summed E-state index contributed by atoms with van der Waals surface area (Å²) in [4.78, 5) is 8.68. The van der Waals surface area contributed by atoms with Crippen LogP contribution in [0.25, 0.3) is 11.3 Å². The van der Waals surface area contributed by atoms with Crippen molar-refractivity contribution in [2.75, 3.05) is 6.61 Å². The van der Waals surface area contributed by atoms with E-state index in [0.717, 1.165) is 28.5 Å². The molecule has 1 aromatic heterocycles. The van der Waals surface area contributed by atoms with Crippen LogP contribution in [-0.2, 0) is 6.54 Å². The Balaban J connectivity index is 2.33. The molecule has 0 amide bonds. The minimum atomic E-state index is 0.424. The maximum Gasteiger partial charge on any atom is 0.126 e. The van der Waals surface area contributed by atoms with E-state index >= 15 is 0 Å². The van der Waals surface area contributed by atoms with Crippen LogP contribution in [0.1, 0.15) is 18.4 Å². The van der Waals surface area contributed by atoms with E-state index in [4.69, 9.17) is 10.5 Å². The highest BCUT2D eigenvalue weighted by Crippen LogP contribution is 2.21. The Kier molecular flexibility index (Phi) is 3.89. The summed E-state index contributed by atoms with van der Waals surface area (Å²) < 4.78 is 5.41. The van der Waals surface area contributed by atoms with Crippen LogP contribution >= 0.6 is 0 Å². The van der Waals surface area contributed by atoms with E-state index in [1.807, 2.05) is 44.2 Å². The van der Waals surface area contributed by atoms with Crippen LogP contribution in [-0.4, -0.2) is 16.6 Å². The summed E-state index contributed by atoms with van der Waals surface area (Å²) >= 11 is 0. The Morgan fingerprint density at radius 1 is 1.17 bits per heavy atom. The number of hydrogen-bond acceptors (Lipinski definition) is 4. The molecule has 0 aliphatic heterocycles. The Bertz CT molecular complexity index is 523. The van der Waals surface area contributed by atoms with Crippen molar-refractivity contribution in [2.24, 2.45) is 5.73 Å². The number of hydrogen-bond donors (Lipinski definition) is 1. The van der Waals surface area contributed by atoms with Crippen molar-refractivity contribution in [3.05, 3.63) is 41.9 Å². The SMILES string of the molecule is CCOc1ccc(-c2cc(CN)nc(C)n2)cc1. The van der Waals surface area contributed by atoms with Gasteiger partial charge in [-0.1, -0.05) is 0 Å². The van der Waals surface area contributed by atoms with E-state index in [1.54, 1.807) is 0 Å². The van der Waals surface area contributed by atoms with Gasteiger partial charge >= 0.3 is 0 Å². The van der Waals surface area contributed by atoms with Crippen molar-refractivity contribution in [1.29, 1.82) is 0 Å². The van der Waals surface area contributed by atoms with Gasteiger partial charge in [-0.3, -0.25) is 0 Å². The summed E-state index contributed by atoms with van der Waals surface area (Å²) in [5.41, 5.74) is 8.41. The maximum absolute atomic E-state index is 5.62. The Morgan fingerprint density at radius 3 is 2.50 bits per heavy atom. The molecule has 94 valence electrons. The molecular formula is C14H17N3O. The van der Waals surface area contributed by atoms with Gasteiger partial charge in [-0.15, -0.1) is 0 Å². The highest BCUT2D eigenvalue weighted by Gasteiger charge is 2.04. The molecule has 0 atom stereocenters. The van der Waals surface area contributed by atoms with E-state index < -0.39 is 0 Å². The van der Waals surface area contributed by atoms with Gasteiger partial charge in [0, 0.05) is 12.1 Å². The molecule has 0 fully saturated rings. The molecule has 1 heterocycles. The van der Waals surface area contributed by atoms with Crippen molar-refractivity contribution in [3.63, 3.8) is 0 Å². The van der Waals surface area contributed by atoms with Crippen LogP contribution in [0.5, 0.6) is 5.75 Å². The molecule has 0 unspecified atom stereocenters. The first-order valence-electron chi connectivity index (χ1n) is 6.00. The molecule has 0 saturated carbocycles. The first-order valence-corrected chi connectivity index (χ1v) is 6.00. The van der Waals surface area contributed by atoms with Crippen LogP contribution < -0.4 is 10.5 Å². The van der Waals surface area contributed by atoms with Crippen LogP contribution in [0, 0.1) is 6.92 Å². The molecule has 0 bridgehead atoms. The van der Waals surface area contributed by atoms with Crippen LogP contribution in [0.15, 0.2) is 30.3 Å². The second-order valence-corrected chi connectivity index (χ2v) is 3.95. The van der Waals surface area contributed by atoms with Crippen LogP contribution in [0.4, 0.5) is 0 Å². The lowest BCUT2D eigenvalue weighted by Gasteiger charge is -2.06. The molecule has 0 saturated heterocycles. The van der Waals surface area contributed by atoms with E-state index in [2.05, 4.69) is 9.97 Å². The number of aryl methyl sites for hydroxylation is 1. The third kappa shape index (κ3) is 2.84. The van der Waals surface area contributed by atoms with Gasteiger partial charge in [0.25, 0.3) is 0 Å². The van der Waals surface area contributed by atoms with Crippen molar-refractivity contribution in [3.8, 4) is 17.0 Å². The number of nitrogens with zero attached hydrogens (tertiary/aromatic N) is 2. The van der Waals surface area contributed by atoms with E-state index in [1.165, 1.54) is 0 Å². The largest absolute Gasteiger partial charge is 0.494 e. The normalized spacial score (nSPS) is 10.4. The predicted octanol–water partition coefficient (Wildman–Crippen LogP) is 2.31. The molecule has 2 aromatic rings. The van der Waals surface area contributed by atoms with Crippen LogP contribution in [0.2, 0.25) is 0 Å². The topological polar surface area (TPSA) is 61.0 Å². The fourth-order valence-corrected chi connectivity index (χ4v) is 1.77. The Morgan fingerprint density at radius 2 is 1.89 bits per heavy atom. The number of ether oxygens (including phenoxy) is 1. The number of rotatable bonds is 4. The van der Waals surface area contributed by atoms with Gasteiger partial charge in [0.05, 0.1) is 18.0 Å². The fraction of sp³-hybridized carbons (Fsp3) is 0.286. The highest BCUT2D eigenvalue weighted by molar-refractivity contribution is 5.60. The highest BCUT2D eigenvalue weighted by atomic mass is 16.5. The van der Waals surface area contributed by atoms with Crippen molar-refractivity contribution in [1.82, 2.24) is 9.97 Å². The average molecular weight is 243 g/mol. The van der Waals surface area contributed by atoms with Gasteiger partial charge in [-0.05, 0) is 44.2 Å². The van der Waals surface area contributed by atoms with Gasteiger partial charge in [-0.25, -0.2) is 9.97 Å². The third-order valence-electron chi connectivity index (χ3n) is 2.56. The summed E-state index contributed by atoms with van der Waals surface area (Å²) in [6.07, 6.45) is 0. The Labute approximate surface area is 107 Å².